The Morgan fingerprint density at radius 3 is 2.68 bits per heavy atom. The molecule has 2 N–H and O–H groups in total. The fourth-order valence-corrected chi connectivity index (χ4v) is 2.32. The van der Waals surface area contributed by atoms with Crippen LogP contribution >= 0.6 is 15.9 Å². The standard InChI is InChI=1S/C14H10BrN3O/c15-11-5-1-3-9(7-11)12-13(18-19-14(12)16)10-4-2-6-17-8-10/h1-8H,16H2. The minimum atomic E-state index is 0.303. The summed E-state index contributed by atoms with van der Waals surface area (Å²) in [5.41, 5.74) is 9.20. The molecule has 0 amide bonds. The molecule has 2 heterocycles. The highest BCUT2D eigenvalue weighted by Gasteiger charge is 2.17. The van der Waals surface area contributed by atoms with Crippen LogP contribution in [0.1, 0.15) is 0 Å². The molecule has 94 valence electrons. The van der Waals surface area contributed by atoms with Gasteiger partial charge in [-0.1, -0.05) is 33.2 Å². The summed E-state index contributed by atoms with van der Waals surface area (Å²) >= 11 is 3.45. The van der Waals surface area contributed by atoms with Gasteiger partial charge < -0.3 is 10.3 Å². The second-order valence-corrected chi connectivity index (χ2v) is 4.94. The van der Waals surface area contributed by atoms with E-state index in [4.69, 9.17) is 10.3 Å². The minimum Gasteiger partial charge on any atom is -0.367 e. The third-order valence-electron chi connectivity index (χ3n) is 2.77. The molecule has 0 aliphatic carbocycles. The van der Waals surface area contributed by atoms with Gasteiger partial charge in [-0.3, -0.25) is 4.98 Å². The van der Waals surface area contributed by atoms with Crippen LogP contribution < -0.4 is 5.73 Å². The highest BCUT2D eigenvalue weighted by molar-refractivity contribution is 9.10. The molecular formula is C14H10BrN3O. The normalized spacial score (nSPS) is 10.6. The van der Waals surface area contributed by atoms with E-state index in [1.54, 1.807) is 12.4 Å². The van der Waals surface area contributed by atoms with Gasteiger partial charge in [0.25, 0.3) is 0 Å². The number of anilines is 1. The van der Waals surface area contributed by atoms with E-state index in [-0.39, 0.29) is 0 Å². The fourth-order valence-electron chi connectivity index (χ4n) is 1.93. The molecule has 0 unspecified atom stereocenters. The molecule has 4 nitrogen and oxygen atoms in total. The Balaban J connectivity index is 2.20. The van der Waals surface area contributed by atoms with Crippen molar-refractivity contribution in [1.29, 1.82) is 0 Å². The number of benzene rings is 1. The Bertz CT molecular complexity index is 710. The maximum atomic E-state index is 5.90. The molecule has 5 heteroatoms. The Hall–Kier alpha value is -2.14. The molecule has 0 radical (unpaired) electrons. The molecule has 0 saturated carbocycles. The molecule has 0 atom stereocenters. The van der Waals surface area contributed by atoms with Crippen molar-refractivity contribution in [1.82, 2.24) is 10.1 Å². The third kappa shape index (κ3) is 2.24. The van der Waals surface area contributed by atoms with E-state index in [0.29, 0.717) is 11.6 Å². The van der Waals surface area contributed by atoms with E-state index in [2.05, 4.69) is 26.1 Å². The van der Waals surface area contributed by atoms with Gasteiger partial charge in [0.1, 0.15) is 5.69 Å². The maximum absolute atomic E-state index is 5.90. The molecule has 0 bridgehead atoms. The lowest BCUT2D eigenvalue weighted by atomic mass is 10.0. The smallest absolute Gasteiger partial charge is 0.230 e. The number of halogens is 1. The molecule has 1 aromatic carbocycles. The van der Waals surface area contributed by atoms with Crippen LogP contribution in [0, 0.1) is 0 Å². The van der Waals surface area contributed by atoms with Crippen LogP contribution in [0.2, 0.25) is 0 Å². The van der Waals surface area contributed by atoms with Gasteiger partial charge in [-0.05, 0) is 29.8 Å². The highest BCUT2D eigenvalue weighted by atomic mass is 79.9. The summed E-state index contributed by atoms with van der Waals surface area (Å²) in [4.78, 5) is 4.09. The first-order valence-corrected chi connectivity index (χ1v) is 6.46. The number of hydrogen-bond acceptors (Lipinski definition) is 4. The summed E-state index contributed by atoms with van der Waals surface area (Å²) < 4.78 is 6.10. The van der Waals surface area contributed by atoms with Crippen molar-refractivity contribution in [2.75, 3.05) is 5.73 Å². The molecule has 0 fully saturated rings. The number of nitrogens with two attached hydrogens (primary N) is 1. The van der Waals surface area contributed by atoms with Crippen LogP contribution in [0.3, 0.4) is 0 Å². The van der Waals surface area contributed by atoms with Gasteiger partial charge in [0.05, 0.1) is 5.56 Å². The average Bonchev–Trinajstić information content (AvgIpc) is 2.82. The van der Waals surface area contributed by atoms with Crippen LogP contribution in [-0.4, -0.2) is 10.1 Å². The average molecular weight is 316 g/mol. The van der Waals surface area contributed by atoms with Crippen molar-refractivity contribution < 1.29 is 4.52 Å². The molecule has 2 aromatic heterocycles. The third-order valence-corrected chi connectivity index (χ3v) is 3.26. The number of nitrogen functional groups attached to an aromatic ring is 1. The first-order valence-electron chi connectivity index (χ1n) is 5.67. The summed E-state index contributed by atoms with van der Waals surface area (Å²) in [6.45, 7) is 0. The van der Waals surface area contributed by atoms with Crippen molar-refractivity contribution in [3.05, 3.63) is 53.3 Å². The van der Waals surface area contributed by atoms with Gasteiger partial charge in [-0.25, -0.2) is 0 Å². The molecule has 0 saturated heterocycles. The van der Waals surface area contributed by atoms with Crippen molar-refractivity contribution in [2.24, 2.45) is 0 Å². The number of nitrogens with zero attached hydrogens (tertiary/aromatic N) is 2. The Morgan fingerprint density at radius 2 is 1.95 bits per heavy atom. The van der Waals surface area contributed by atoms with Gasteiger partial charge in [-0.2, -0.15) is 0 Å². The molecule has 0 spiro atoms. The Labute approximate surface area is 118 Å². The monoisotopic (exact) mass is 315 g/mol. The van der Waals surface area contributed by atoms with Crippen LogP contribution in [0.15, 0.2) is 57.8 Å². The minimum absolute atomic E-state index is 0.303. The first-order chi connectivity index (χ1) is 9.25. The van der Waals surface area contributed by atoms with E-state index < -0.39 is 0 Å². The van der Waals surface area contributed by atoms with Crippen LogP contribution in [0.4, 0.5) is 5.88 Å². The molecule has 19 heavy (non-hydrogen) atoms. The summed E-state index contributed by atoms with van der Waals surface area (Å²) in [5, 5.41) is 4.04. The second-order valence-electron chi connectivity index (χ2n) is 4.02. The van der Waals surface area contributed by atoms with Crippen LogP contribution in [-0.2, 0) is 0 Å². The summed E-state index contributed by atoms with van der Waals surface area (Å²) in [6.07, 6.45) is 3.45. The topological polar surface area (TPSA) is 64.9 Å². The highest BCUT2D eigenvalue weighted by Crippen LogP contribution is 2.36. The van der Waals surface area contributed by atoms with Crippen LogP contribution in [0.5, 0.6) is 0 Å². The summed E-state index contributed by atoms with van der Waals surface area (Å²) in [5.74, 6) is 0.303. The zero-order chi connectivity index (χ0) is 13.2. The second kappa shape index (κ2) is 4.85. The number of pyridine rings is 1. The van der Waals surface area contributed by atoms with Gasteiger partial charge in [0.15, 0.2) is 0 Å². The zero-order valence-corrected chi connectivity index (χ0v) is 11.5. The van der Waals surface area contributed by atoms with Crippen molar-refractivity contribution in [3.8, 4) is 22.4 Å². The molecule has 0 aliphatic rings. The fraction of sp³-hybridized carbons (Fsp3) is 0. The van der Waals surface area contributed by atoms with Crippen molar-refractivity contribution >= 4 is 21.8 Å². The van der Waals surface area contributed by atoms with E-state index in [1.165, 1.54) is 0 Å². The van der Waals surface area contributed by atoms with E-state index in [9.17, 15) is 0 Å². The summed E-state index contributed by atoms with van der Waals surface area (Å²) in [7, 11) is 0. The predicted molar refractivity (Wildman–Crippen MR) is 77.3 cm³/mol. The zero-order valence-electron chi connectivity index (χ0n) is 9.88. The quantitative estimate of drug-likeness (QED) is 0.782. The first kappa shape index (κ1) is 11.9. The SMILES string of the molecule is Nc1onc(-c2cccnc2)c1-c1cccc(Br)c1. The molecule has 3 rings (SSSR count). The maximum Gasteiger partial charge on any atom is 0.230 e. The van der Waals surface area contributed by atoms with Crippen molar-refractivity contribution in [2.45, 2.75) is 0 Å². The van der Waals surface area contributed by atoms with E-state index in [1.807, 2.05) is 36.4 Å². The van der Waals surface area contributed by atoms with E-state index >= 15 is 0 Å². The Kier molecular flexibility index (Phi) is 3.05. The van der Waals surface area contributed by atoms with Gasteiger partial charge >= 0.3 is 0 Å². The molecular weight excluding hydrogens is 306 g/mol. The molecule has 3 aromatic rings. The lowest BCUT2D eigenvalue weighted by molar-refractivity contribution is 0.439. The van der Waals surface area contributed by atoms with Gasteiger partial charge in [0.2, 0.25) is 5.88 Å². The predicted octanol–water partition coefficient (Wildman–Crippen LogP) is 3.75. The lowest BCUT2D eigenvalue weighted by Crippen LogP contribution is -1.88. The van der Waals surface area contributed by atoms with Gasteiger partial charge in [-0.15, -0.1) is 0 Å². The number of rotatable bonds is 2. The largest absolute Gasteiger partial charge is 0.367 e. The molecule has 0 aliphatic heterocycles. The Morgan fingerprint density at radius 1 is 1.11 bits per heavy atom. The van der Waals surface area contributed by atoms with E-state index in [0.717, 1.165) is 21.2 Å². The summed E-state index contributed by atoms with van der Waals surface area (Å²) in [6, 6.07) is 11.6. The lowest BCUT2D eigenvalue weighted by Gasteiger charge is -2.03. The number of aromatic nitrogens is 2. The number of hydrogen-bond donors (Lipinski definition) is 1. The van der Waals surface area contributed by atoms with Gasteiger partial charge in [0, 0.05) is 22.4 Å². The van der Waals surface area contributed by atoms with Crippen molar-refractivity contribution in [3.63, 3.8) is 0 Å². The van der Waals surface area contributed by atoms with Crippen LogP contribution in [0.25, 0.3) is 22.4 Å².